The number of hydrogen-bond donors (Lipinski definition) is 0. The van der Waals surface area contributed by atoms with Gasteiger partial charge >= 0.3 is 0 Å². The van der Waals surface area contributed by atoms with Gasteiger partial charge in [0.15, 0.2) is 5.78 Å². The highest BCUT2D eigenvalue weighted by Crippen LogP contribution is 2.25. The predicted octanol–water partition coefficient (Wildman–Crippen LogP) is 5.35. The van der Waals surface area contributed by atoms with Crippen LogP contribution in [0.3, 0.4) is 0 Å². The number of benzene rings is 3. The fraction of sp³-hybridized carbons (Fsp3) is 0.103. The van der Waals surface area contributed by atoms with Crippen molar-refractivity contribution in [1.82, 2.24) is 14.5 Å². The third kappa shape index (κ3) is 3.92. The monoisotopic (exact) mass is 445 g/mol. The number of carbonyl (C=O) groups is 1. The number of aromatic nitrogens is 3. The SMILES string of the molecule is Cc1ccc(C(=O)c2cn(Cc3ccccc3-c3cncnc3)c3ccccc3c2=O)cc1C. The molecule has 0 aliphatic rings. The van der Waals surface area contributed by atoms with Crippen LogP contribution in [0.25, 0.3) is 22.0 Å². The number of rotatable bonds is 5. The standard InChI is InChI=1S/C29H23N3O2/c1-19-11-12-21(13-20(19)2)28(33)26-17-32(27-10-6-5-9-25(27)29(26)34)16-22-7-3-4-8-24(22)23-14-30-18-31-15-23/h3-15,17-18H,16H2,1-2H3. The number of para-hydroxylation sites is 1. The largest absolute Gasteiger partial charge is 0.342 e. The zero-order valence-electron chi connectivity index (χ0n) is 19.0. The summed E-state index contributed by atoms with van der Waals surface area (Å²) in [6.45, 7) is 4.45. The first-order chi connectivity index (χ1) is 16.5. The minimum absolute atomic E-state index is 0.169. The quantitative estimate of drug-likeness (QED) is 0.342. The lowest BCUT2D eigenvalue weighted by molar-refractivity contribution is 0.103. The van der Waals surface area contributed by atoms with Crippen molar-refractivity contribution in [1.29, 1.82) is 0 Å². The van der Waals surface area contributed by atoms with Crippen LogP contribution in [-0.4, -0.2) is 20.3 Å². The second kappa shape index (κ2) is 8.87. The summed E-state index contributed by atoms with van der Waals surface area (Å²) >= 11 is 0. The Kier molecular flexibility index (Phi) is 5.60. The third-order valence-corrected chi connectivity index (χ3v) is 6.23. The molecule has 0 unspecified atom stereocenters. The summed E-state index contributed by atoms with van der Waals surface area (Å²) in [4.78, 5) is 35.1. The summed E-state index contributed by atoms with van der Waals surface area (Å²) in [6.07, 6.45) is 6.76. The Balaban J connectivity index is 1.66. The van der Waals surface area contributed by atoms with Gasteiger partial charge in [0.2, 0.25) is 5.43 Å². The third-order valence-electron chi connectivity index (χ3n) is 6.23. The van der Waals surface area contributed by atoms with Crippen LogP contribution >= 0.6 is 0 Å². The van der Waals surface area contributed by atoms with E-state index in [1.165, 1.54) is 6.33 Å². The summed E-state index contributed by atoms with van der Waals surface area (Å²) in [6, 6.07) is 21.0. The molecule has 166 valence electrons. The average molecular weight is 446 g/mol. The highest BCUT2D eigenvalue weighted by molar-refractivity contribution is 6.10. The van der Waals surface area contributed by atoms with Gasteiger partial charge in [-0.1, -0.05) is 48.5 Å². The average Bonchev–Trinajstić information content (AvgIpc) is 2.88. The van der Waals surface area contributed by atoms with Crippen LogP contribution in [0.2, 0.25) is 0 Å². The molecule has 3 aromatic carbocycles. The van der Waals surface area contributed by atoms with Crippen LogP contribution in [0.4, 0.5) is 0 Å². The molecule has 0 aliphatic heterocycles. The summed E-state index contributed by atoms with van der Waals surface area (Å²) in [7, 11) is 0. The maximum absolute atomic E-state index is 13.4. The van der Waals surface area contributed by atoms with E-state index < -0.39 is 0 Å². The highest BCUT2D eigenvalue weighted by atomic mass is 16.1. The Bertz CT molecular complexity index is 1590. The van der Waals surface area contributed by atoms with Crippen molar-refractivity contribution in [3.63, 3.8) is 0 Å². The second-order valence-electron chi connectivity index (χ2n) is 8.43. The lowest BCUT2D eigenvalue weighted by Gasteiger charge is -2.16. The molecule has 0 N–H and O–H groups in total. The lowest BCUT2D eigenvalue weighted by Crippen LogP contribution is -2.20. The molecule has 0 atom stereocenters. The van der Waals surface area contributed by atoms with Gasteiger partial charge < -0.3 is 4.57 Å². The molecule has 5 aromatic rings. The van der Waals surface area contributed by atoms with Crippen molar-refractivity contribution in [2.75, 3.05) is 0 Å². The van der Waals surface area contributed by atoms with Gasteiger partial charge in [0.25, 0.3) is 0 Å². The normalized spacial score (nSPS) is 11.0. The first-order valence-electron chi connectivity index (χ1n) is 11.1. The lowest BCUT2D eigenvalue weighted by atomic mass is 9.98. The molecule has 2 aromatic heterocycles. The first kappa shape index (κ1) is 21.5. The van der Waals surface area contributed by atoms with Crippen molar-refractivity contribution in [2.45, 2.75) is 20.4 Å². The van der Waals surface area contributed by atoms with E-state index in [2.05, 4.69) is 9.97 Å². The van der Waals surface area contributed by atoms with Gasteiger partial charge in [-0.2, -0.15) is 0 Å². The molecule has 34 heavy (non-hydrogen) atoms. The fourth-order valence-corrected chi connectivity index (χ4v) is 4.24. The van der Waals surface area contributed by atoms with Crippen molar-refractivity contribution in [3.8, 4) is 11.1 Å². The van der Waals surface area contributed by atoms with Crippen molar-refractivity contribution < 1.29 is 4.79 Å². The first-order valence-corrected chi connectivity index (χ1v) is 11.1. The van der Waals surface area contributed by atoms with Gasteiger partial charge in [-0.3, -0.25) is 9.59 Å². The minimum Gasteiger partial charge on any atom is -0.342 e. The molecule has 0 saturated carbocycles. The van der Waals surface area contributed by atoms with Crippen LogP contribution in [-0.2, 0) is 6.54 Å². The van der Waals surface area contributed by atoms with E-state index in [-0.39, 0.29) is 16.8 Å². The zero-order valence-corrected chi connectivity index (χ0v) is 19.0. The molecule has 5 nitrogen and oxygen atoms in total. The zero-order chi connectivity index (χ0) is 23.7. The molecular weight excluding hydrogens is 422 g/mol. The van der Waals surface area contributed by atoms with Gasteiger partial charge in [0.1, 0.15) is 6.33 Å². The highest BCUT2D eigenvalue weighted by Gasteiger charge is 2.18. The molecule has 0 radical (unpaired) electrons. The molecule has 0 fully saturated rings. The summed E-state index contributed by atoms with van der Waals surface area (Å²) < 4.78 is 1.98. The van der Waals surface area contributed by atoms with Crippen LogP contribution in [0.1, 0.15) is 32.6 Å². The number of aryl methyl sites for hydroxylation is 2. The fourth-order valence-electron chi connectivity index (χ4n) is 4.24. The Hall–Kier alpha value is -4.38. The molecule has 0 bridgehead atoms. The van der Waals surface area contributed by atoms with Crippen molar-refractivity contribution in [3.05, 3.63) is 130 Å². The Labute approximate surface area is 197 Å². The molecule has 5 heteroatoms. The van der Waals surface area contributed by atoms with E-state index in [1.54, 1.807) is 30.7 Å². The van der Waals surface area contributed by atoms with Crippen LogP contribution < -0.4 is 5.43 Å². The van der Waals surface area contributed by atoms with Crippen molar-refractivity contribution >= 4 is 16.7 Å². The maximum Gasteiger partial charge on any atom is 0.200 e. The van der Waals surface area contributed by atoms with E-state index in [4.69, 9.17) is 0 Å². The molecule has 0 saturated heterocycles. The Morgan fingerprint density at radius 2 is 1.62 bits per heavy atom. The minimum atomic E-state index is -0.266. The van der Waals surface area contributed by atoms with Crippen LogP contribution in [0, 0.1) is 13.8 Å². The van der Waals surface area contributed by atoms with E-state index in [0.717, 1.165) is 33.3 Å². The number of carbonyl (C=O) groups excluding carboxylic acids is 1. The van der Waals surface area contributed by atoms with Gasteiger partial charge in [0.05, 0.1) is 11.1 Å². The number of nitrogens with zero attached hydrogens (tertiary/aromatic N) is 3. The topological polar surface area (TPSA) is 64.8 Å². The van der Waals surface area contributed by atoms with Gasteiger partial charge in [-0.05, 0) is 54.3 Å². The molecule has 0 aliphatic carbocycles. The number of hydrogen-bond acceptors (Lipinski definition) is 4. The van der Waals surface area contributed by atoms with Crippen molar-refractivity contribution in [2.24, 2.45) is 0 Å². The van der Waals surface area contributed by atoms with Gasteiger partial charge in [-0.25, -0.2) is 9.97 Å². The van der Waals surface area contributed by atoms with Crippen LogP contribution in [0.5, 0.6) is 0 Å². The summed E-state index contributed by atoms with van der Waals surface area (Å²) in [5.41, 5.74) is 6.30. The summed E-state index contributed by atoms with van der Waals surface area (Å²) in [5, 5.41) is 0.526. The number of pyridine rings is 1. The summed E-state index contributed by atoms with van der Waals surface area (Å²) in [5.74, 6) is -0.266. The molecule has 0 amide bonds. The van der Waals surface area contributed by atoms with Crippen LogP contribution in [0.15, 0.2) is 96.4 Å². The van der Waals surface area contributed by atoms with E-state index >= 15 is 0 Å². The molecular formula is C29H23N3O2. The Morgan fingerprint density at radius 3 is 2.41 bits per heavy atom. The maximum atomic E-state index is 13.4. The van der Waals surface area contributed by atoms with E-state index in [9.17, 15) is 9.59 Å². The second-order valence-corrected chi connectivity index (χ2v) is 8.43. The number of fused-ring (bicyclic) bond motifs is 1. The molecule has 5 rings (SSSR count). The van der Waals surface area contributed by atoms with E-state index in [1.807, 2.05) is 73.0 Å². The smallest absolute Gasteiger partial charge is 0.200 e. The number of ketones is 1. The predicted molar refractivity (Wildman–Crippen MR) is 134 cm³/mol. The van der Waals surface area contributed by atoms with Gasteiger partial charge in [0, 0.05) is 41.6 Å². The Morgan fingerprint density at radius 1 is 0.882 bits per heavy atom. The van der Waals surface area contributed by atoms with Gasteiger partial charge in [-0.15, -0.1) is 0 Å². The molecule has 2 heterocycles. The van der Waals surface area contributed by atoms with E-state index in [0.29, 0.717) is 17.5 Å². The molecule has 0 spiro atoms.